The van der Waals surface area contributed by atoms with Gasteiger partial charge in [0.25, 0.3) is 0 Å². The quantitative estimate of drug-likeness (QED) is 0.571. The molecular formula is C8H13Cl2FN2. The molecule has 5 heteroatoms. The van der Waals surface area contributed by atoms with Crippen LogP contribution in [0.1, 0.15) is 11.1 Å². The van der Waals surface area contributed by atoms with Gasteiger partial charge in [-0.25, -0.2) is 4.39 Å². The molecule has 1 aromatic carbocycles. The van der Waals surface area contributed by atoms with E-state index in [1.807, 2.05) is 0 Å². The lowest BCUT2D eigenvalue weighted by atomic mass is 10.1. The summed E-state index contributed by atoms with van der Waals surface area (Å²) in [6.07, 6.45) is 0. The van der Waals surface area contributed by atoms with E-state index in [1.165, 1.54) is 0 Å². The lowest BCUT2D eigenvalue weighted by molar-refractivity contribution is 0.609. The van der Waals surface area contributed by atoms with Gasteiger partial charge in [0.2, 0.25) is 0 Å². The number of benzene rings is 1. The van der Waals surface area contributed by atoms with Crippen molar-refractivity contribution in [3.8, 4) is 0 Å². The molecule has 3 N–H and O–H groups in total. The minimum absolute atomic E-state index is 0. The summed E-state index contributed by atoms with van der Waals surface area (Å²) in [5.41, 5.74) is 4.43. The molecule has 0 aliphatic carbocycles. The van der Waals surface area contributed by atoms with Gasteiger partial charge in [0.15, 0.2) is 0 Å². The van der Waals surface area contributed by atoms with E-state index in [9.17, 15) is 4.39 Å². The minimum atomic E-state index is -0.163. The van der Waals surface area contributed by atoms with Crippen molar-refractivity contribution < 1.29 is 4.39 Å². The standard InChI is InChI=1S/C8H11FN2.2ClH/c1-5-3-7(11-10)4-6(2)8(5)9;;/h3-4,11H,10H2,1-2H3;2*1H. The summed E-state index contributed by atoms with van der Waals surface area (Å²) in [6.45, 7) is 3.42. The molecular weight excluding hydrogens is 214 g/mol. The number of halogens is 3. The summed E-state index contributed by atoms with van der Waals surface area (Å²) in [4.78, 5) is 0. The smallest absolute Gasteiger partial charge is 0.129 e. The van der Waals surface area contributed by atoms with E-state index in [0.29, 0.717) is 11.1 Å². The van der Waals surface area contributed by atoms with Crippen LogP contribution in [0, 0.1) is 19.7 Å². The molecule has 0 saturated heterocycles. The zero-order valence-corrected chi connectivity index (χ0v) is 9.06. The minimum Gasteiger partial charge on any atom is -0.324 e. The summed E-state index contributed by atoms with van der Waals surface area (Å²) in [7, 11) is 0. The van der Waals surface area contributed by atoms with Gasteiger partial charge in [-0.2, -0.15) is 0 Å². The van der Waals surface area contributed by atoms with E-state index in [2.05, 4.69) is 5.43 Å². The molecule has 1 aromatic rings. The normalized spacial score (nSPS) is 8.31. The largest absolute Gasteiger partial charge is 0.324 e. The van der Waals surface area contributed by atoms with Gasteiger partial charge in [-0.3, -0.25) is 5.84 Å². The SMILES string of the molecule is Cc1cc(NN)cc(C)c1F.Cl.Cl. The topological polar surface area (TPSA) is 38.0 Å². The third-order valence-corrected chi connectivity index (χ3v) is 1.60. The van der Waals surface area contributed by atoms with Crippen LogP contribution >= 0.6 is 24.8 Å². The maximum absolute atomic E-state index is 13.0. The van der Waals surface area contributed by atoms with Gasteiger partial charge in [0, 0.05) is 5.69 Å². The Labute approximate surface area is 89.5 Å². The van der Waals surface area contributed by atoms with Crippen molar-refractivity contribution in [2.45, 2.75) is 13.8 Å². The average molecular weight is 227 g/mol. The Morgan fingerprint density at radius 2 is 1.54 bits per heavy atom. The number of nitrogens with one attached hydrogen (secondary N) is 1. The van der Waals surface area contributed by atoms with Crippen LogP contribution in [0.4, 0.5) is 10.1 Å². The second kappa shape index (κ2) is 6.02. The molecule has 1 rings (SSSR count). The van der Waals surface area contributed by atoms with Crippen LogP contribution < -0.4 is 11.3 Å². The molecule has 2 nitrogen and oxygen atoms in total. The summed E-state index contributed by atoms with van der Waals surface area (Å²) >= 11 is 0. The lowest BCUT2D eigenvalue weighted by Gasteiger charge is -2.04. The molecule has 0 aliphatic heterocycles. The van der Waals surface area contributed by atoms with E-state index in [-0.39, 0.29) is 30.6 Å². The molecule has 0 bridgehead atoms. The van der Waals surface area contributed by atoms with Crippen molar-refractivity contribution in [3.05, 3.63) is 29.1 Å². The number of aryl methyl sites for hydroxylation is 2. The van der Waals surface area contributed by atoms with Gasteiger partial charge >= 0.3 is 0 Å². The highest BCUT2D eigenvalue weighted by Gasteiger charge is 2.02. The number of nitrogens with two attached hydrogens (primary N) is 1. The molecule has 0 unspecified atom stereocenters. The summed E-state index contributed by atoms with van der Waals surface area (Å²) in [6, 6.07) is 3.34. The first kappa shape index (κ1) is 15.0. The van der Waals surface area contributed by atoms with Crippen molar-refractivity contribution in [2.75, 3.05) is 5.43 Å². The van der Waals surface area contributed by atoms with Crippen LogP contribution in [0.15, 0.2) is 12.1 Å². The fourth-order valence-electron chi connectivity index (χ4n) is 1.03. The maximum Gasteiger partial charge on any atom is 0.129 e. The molecule has 0 amide bonds. The van der Waals surface area contributed by atoms with Crippen LogP contribution in [0.2, 0.25) is 0 Å². The van der Waals surface area contributed by atoms with Crippen LogP contribution in [-0.2, 0) is 0 Å². The van der Waals surface area contributed by atoms with Gasteiger partial charge in [-0.05, 0) is 37.1 Å². The monoisotopic (exact) mass is 226 g/mol. The number of nitrogen functional groups attached to an aromatic ring is 1. The summed E-state index contributed by atoms with van der Waals surface area (Å²) in [5, 5.41) is 0. The van der Waals surface area contributed by atoms with Crippen molar-refractivity contribution in [1.82, 2.24) is 0 Å². The molecule has 76 valence electrons. The molecule has 0 radical (unpaired) electrons. The zero-order valence-electron chi connectivity index (χ0n) is 7.43. The second-order valence-corrected chi connectivity index (χ2v) is 2.57. The van der Waals surface area contributed by atoms with Gasteiger partial charge in [-0.15, -0.1) is 24.8 Å². The van der Waals surface area contributed by atoms with Crippen LogP contribution in [0.25, 0.3) is 0 Å². The fourth-order valence-corrected chi connectivity index (χ4v) is 1.03. The average Bonchev–Trinajstić information content (AvgIpc) is 1.99. The maximum atomic E-state index is 13.0. The van der Waals surface area contributed by atoms with Crippen molar-refractivity contribution in [1.29, 1.82) is 0 Å². The number of hydrogen-bond acceptors (Lipinski definition) is 2. The Hall–Kier alpha value is -0.510. The fraction of sp³-hybridized carbons (Fsp3) is 0.250. The molecule has 0 saturated carbocycles. The molecule has 0 aliphatic rings. The van der Waals surface area contributed by atoms with Crippen LogP contribution in [-0.4, -0.2) is 0 Å². The predicted octanol–water partition coefficient (Wildman–Crippen LogP) is 2.57. The van der Waals surface area contributed by atoms with Crippen molar-refractivity contribution in [2.24, 2.45) is 5.84 Å². The lowest BCUT2D eigenvalue weighted by Crippen LogP contribution is -2.07. The van der Waals surface area contributed by atoms with E-state index in [1.54, 1.807) is 26.0 Å². The van der Waals surface area contributed by atoms with Gasteiger partial charge in [0.05, 0.1) is 0 Å². The van der Waals surface area contributed by atoms with Gasteiger partial charge in [0.1, 0.15) is 5.82 Å². The van der Waals surface area contributed by atoms with Crippen molar-refractivity contribution in [3.63, 3.8) is 0 Å². The third-order valence-electron chi connectivity index (χ3n) is 1.60. The first-order valence-corrected chi connectivity index (χ1v) is 3.38. The first-order chi connectivity index (χ1) is 5.15. The third kappa shape index (κ3) is 3.38. The highest BCUT2D eigenvalue weighted by Crippen LogP contribution is 2.17. The number of anilines is 1. The Morgan fingerprint density at radius 1 is 1.15 bits per heavy atom. The molecule has 13 heavy (non-hydrogen) atoms. The number of hydrazine groups is 1. The van der Waals surface area contributed by atoms with E-state index >= 15 is 0 Å². The molecule has 0 spiro atoms. The highest BCUT2D eigenvalue weighted by atomic mass is 35.5. The number of rotatable bonds is 1. The Kier molecular flexibility index (Phi) is 6.94. The van der Waals surface area contributed by atoms with Crippen LogP contribution in [0.5, 0.6) is 0 Å². The van der Waals surface area contributed by atoms with Crippen LogP contribution in [0.3, 0.4) is 0 Å². The van der Waals surface area contributed by atoms with E-state index in [0.717, 1.165) is 5.69 Å². The predicted molar refractivity (Wildman–Crippen MR) is 58.2 cm³/mol. The Bertz CT molecular complexity index is 256. The Morgan fingerprint density at radius 3 is 1.85 bits per heavy atom. The zero-order chi connectivity index (χ0) is 8.43. The van der Waals surface area contributed by atoms with Gasteiger partial charge < -0.3 is 5.43 Å². The molecule has 0 atom stereocenters. The molecule has 0 aromatic heterocycles. The van der Waals surface area contributed by atoms with Crippen molar-refractivity contribution >= 4 is 30.5 Å². The summed E-state index contributed by atoms with van der Waals surface area (Å²) in [5.74, 6) is 5.00. The molecule has 0 heterocycles. The highest BCUT2D eigenvalue weighted by molar-refractivity contribution is 5.85. The van der Waals surface area contributed by atoms with E-state index in [4.69, 9.17) is 5.84 Å². The Balaban J connectivity index is 0. The molecule has 0 fully saturated rings. The first-order valence-electron chi connectivity index (χ1n) is 3.38. The van der Waals surface area contributed by atoms with E-state index < -0.39 is 0 Å². The van der Waals surface area contributed by atoms with Gasteiger partial charge in [-0.1, -0.05) is 0 Å². The summed E-state index contributed by atoms with van der Waals surface area (Å²) < 4.78 is 13.0. The second-order valence-electron chi connectivity index (χ2n) is 2.57. The number of hydrogen-bond donors (Lipinski definition) is 2.